The fraction of sp³-hybridized carbons (Fsp3) is 0. The average molecular weight is 740 g/mol. The zero-order valence-electron chi connectivity index (χ0n) is 31.7. The van der Waals surface area contributed by atoms with Gasteiger partial charge in [-0.25, -0.2) is 0 Å². The molecule has 0 radical (unpaired) electrons. The fourth-order valence-electron chi connectivity index (χ4n) is 8.66. The van der Waals surface area contributed by atoms with E-state index in [1.54, 1.807) is 0 Å². The Morgan fingerprint density at radius 3 is 1.69 bits per heavy atom. The van der Waals surface area contributed by atoms with Crippen LogP contribution in [0.1, 0.15) is 0 Å². The number of anilines is 3. The molecule has 2 heteroatoms. The lowest BCUT2D eigenvalue weighted by molar-refractivity contribution is 0.669. The molecule has 58 heavy (non-hydrogen) atoms. The maximum atomic E-state index is 6.45. The maximum absolute atomic E-state index is 6.45. The monoisotopic (exact) mass is 739 g/mol. The summed E-state index contributed by atoms with van der Waals surface area (Å²) in [4.78, 5) is 2.43. The van der Waals surface area contributed by atoms with Crippen LogP contribution in [-0.4, -0.2) is 0 Å². The molecular formula is C56H37NO. The minimum Gasteiger partial charge on any atom is -0.456 e. The van der Waals surface area contributed by atoms with Crippen LogP contribution in [0.25, 0.3) is 88.0 Å². The van der Waals surface area contributed by atoms with E-state index in [-0.39, 0.29) is 0 Å². The molecule has 272 valence electrons. The standard InChI is InChI=1S/C56H37NO/c1-3-15-38(16-4-1)49-31-30-46(37-51(49)40-17-5-2-6-18-40)57(45-24-13-23-43(33-45)48-27-14-22-39-19-9-10-25-47(39)48)54-28-12-11-26-50(54)44-29-32-55-52(35-44)53-34-41-20-7-8-21-42(41)36-56(53)58-55/h1-37H. The number of furan rings is 1. The van der Waals surface area contributed by atoms with E-state index >= 15 is 0 Å². The molecule has 0 atom stereocenters. The van der Waals surface area contributed by atoms with E-state index in [0.717, 1.165) is 50.1 Å². The highest BCUT2D eigenvalue weighted by Crippen LogP contribution is 2.46. The van der Waals surface area contributed by atoms with Crippen LogP contribution in [0.4, 0.5) is 17.1 Å². The van der Waals surface area contributed by atoms with Crippen LogP contribution in [0, 0.1) is 0 Å². The van der Waals surface area contributed by atoms with Gasteiger partial charge in [0.05, 0.1) is 5.69 Å². The summed E-state index contributed by atoms with van der Waals surface area (Å²) in [5, 5.41) is 7.07. The molecule has 1 aromatic heterocycles. The first-order chi connectivity index (χ1) is 28.7. The molecule has 0 unspecified atom stereocenters. The number of rotatable bonds is 7. The predicted molar refractivity (Wildman–Crippen MR) is 245 cm³/mol. The first-order valence-corrected chi connectivity index (χ1v) is 19.8. The molecule has 0 aliphatic heterocycles. The lowest BCUT2D eigenvalue weighted by Gasteiger charge is -2.29. The highest BCUT2D eigenvalue weighted by Gasteiger charge is 2.21. The number of fused-ring (bicyclic) bond motifs is 5. The third-order valence-electron chi connectivity index (χ3n) is 11.4. The van der Waals surface area contributed by atoms with Gasteiger partial charge in [-0.3, -0.25) is 0 Å². The third-order valence-corrected chi connectivity index (χ3v) is 11.4. The van der Waals surface area contributed by atoms with Gasteiger partial charge >= 0.3 is 0 Å². The number of para-hydroxylation sites is 1. The minimum atomic E-state index is 0.884. The Bertz CT molecular complexity index is 3280. The zero-order valence-corrected chi connectivity index (χ0v) is 31.7. The van der Waals surface area contributed by atoms with E-state index in [1.807, 2.05) is 0 Å². The number of nitrogens with zero attached hydrogens (tertiary/aromatic N) is 1. The Morgan fingerprint density at radius 1 is 0.276 bits per heavy atom. The molecule has 0 saturated heterocycles. The molecule has 0 aliphatic carbocycles. The van der Waals surface area contributed by atoms with Gasteiger partial charge < -0.3 is 9.32 Å². The average Bonchev–Trinajstić information content (AvgIpc) is 3.65. The van der Waals surface area contributed by atoms with Crippen LogP contribution in [0.15, 0.2) is 229 Å². The van der Waals surface area contributed by atoms with Crippen molar-refractivity contribution in [2.24, 2.45) is 0 Å². The molecule has 2 nitrogen and oxygen atoms in total. The second-order valence-corrected chi connectivity index (χ2v) is 14.9. The van der Waals surface area contributed by atoms with Gasteiger partial charge in [0, 0.05) is 27.7 Å². The molecule has 0 bridgehead atoms. The van der Waals surface area contributed by atoms with Crippen molar-refractivity contribution < 1.29 is 4.42 Å². The molecular weight excluding hydrogens is 703 g/mol. The second kappa shape index (κ2) is 14.1. The summed E-state index contributed by atoms with van der Waals surface area (Å²) < 4.78 is 6.45. The molecule has 0 spiro atoms. The van der Waals surface area contributed by atoms with Crippen LogP contribution in [0.5, 0.6) is 0 Å². The van der Waals surface area contributed by atoms with Gasteiger partial charge in [-0.1, -0.05) is 170 Å². The SMILES string of the molecule is c1ccc(-c2ccc(N(c3cccc(-c4cccc5ccccc45)c3)c3ccccc3-c3ccc4oc5cc6ccccc6cc5c4c3)cc2-c2ccccc2)cc1. The van der Waals surface area contributed by atoms with Gasteiger partial charge in [0.1, 0.15) is 11.2 Å². The largest absolute Gasteiger partial charge is 0.456 e. The van der Waals surface area contributed by atoms with Crippen LogP contribution in [0.2, 0.25) is 0 Å². The van der Waals surface area contributed by atoms with Gasteiger partial charge in [0.2, 0.25) is 0 Å². The highest BCUT2D eigenvalue weighted by molar-refractivity contribution is 6.11. The van der Waals surface area contributed by atoms with E-state index in [0.29, 0.717) is 0 Å². The van der Waals surface area contributed by atoms with Gasteiger partial charge in [-0.15, -0.1) is 0 Å². The van der Waals surface area contributed by atoms with E-state index in [4.69, 9.17) is 4.42 Å². The number of benzene rings is 10. The Morgan fingerprint density at radius 2 is 0.862 bits per heavy atom. The van der Waals surface area contributed by atoms with Gasteiger partial charge in [0.25, 0.3) is 0 Å². The lowest BCUT2D eigenvalue weighted by Crippen LogP contribution is -2.11. The van der Waals surface area contributed by atoms with Crippen molar-refractivity contribution in [3.63, 3.8) is 0 Å². The fourth-order valence-corrected chi connectivity index (χ4v) is 8.66. The Balaban J connectivity index is 1.14. The lowest BCUT2D eigenvalue weighted by atomic mass is 9.93. The van der Waals surface area contributed by atoms with E-state index < -0.39 is 0 Å². The molecule has 0 aliphatic rings. The van der Waals surface area contributed by atoms with E-state index in [1.165, 1.54) is 54.9 Å². The Labute approximate surface area is 337 Å². The smallest absolute Gasteiger partial charge is 0.136 e. The molecule has 0 fully saturated rings. The first kappa shape index (κ1) is 33.6. The molecule has 10 aromatic carbocycles. The van der Waals surface area contributed by atoms with Crippen LogP contribution < -0.4 is 4.90 Å². The molecule has 11 aromatic rings. The normalized spacial score (nSPS) is 11.4. The number of hydrogen-bond donors (Lipinski definition) is 0. The van der Waals surface area contributed by atoms with Crippen LogP contribution in [-0.2, 0) is 0 Å². The molecule has 0 amide bonds. The Hall–Kier alpha value is -7.68. The summed E-state index contributed by atoms with van der Waals surface area (Å²) >= 11 is 0. The van der Waals surface area contributed by atoms with Crippen molar-refractivity contribution in [3.05, 3.63) is 224 Å². The van der Waals surface area contributed by atoms with Crippen LogP contribution in [0.3, 0.4) is 0 Å². The molecule has 0 N–H and O–H groups in total. The van der Waals surface area contributed by atoms with Gasteiger partial charge in [-0.05, 0) is 115 Å². The third kappa shape index (κ3) is 5.91. The van der Waals surface area contributed by atoms with Crippen molar-refractivity contribution in [1.82, 2.24) is 0 Å². The van der Waals surface area contributed by atoms with Gasteiger partial charge in [-0.2, -0.15) is 0 Å². The summed E-state index contributed by atoms with van der Waals surface area (Å²) in [6.45, 7) is 0. The predicted octanol–water partition coefficient (Wildman–Crippen LogP) is 16.0. The molecule has 0 saturated carbocycles. The Kier molecular flexibility index (Phi) is 8.19. The van der Waals surface area contributed by atoms with Crippen molar-refractivity contribution >= 4 is 60.5 Å². The van der Waals surface area contributed by atoms with E-state index in [2.05, 4.69) is 229 Å². The summed E-state index contributed by atoms with van der Waals surface area (Å²) in [7, 11) is 0. The summed E-state index contributed by atoms with van der Waals surface area (Å²) in [5.74, 6) is 0. The van der Waals surface area contributed by atoms with Crippen molar-refractivity contribution in [2.75, 3.05) is 4.90 Å². The summed E-state index contributed by atoms with van der Waals surface area (Å²) in [6.07, 6.45) is 0. The minimum absolute atomic E-state index is 0.884. The summed E-state index contributed by atoms with van der Waals surface area (Å²) in [6, 6.07) is 80.8. The number of hydrogen-bond acceptors (Lipinski definition) is 2. The zero-order chi connectivity index (χ0) is 38.4. The quantitative estimate of drug-likeness (QED) is 0.162. The topological polar surface area (TPSA) is 16.4 Å². The summed E-state index contributed by atoms with van der Waals surface area (Å²) in [5.41, 5.74) is 14.4. The van der Waals surface area contributed by atoms with Crippen molar-refractivity contribution in [3.8, 4) is 44.5 Å². The molecule has 1 heterocycles. The van der Waals surface area contributed by atoms with Crippen LogP contribution >= 0.6 is 0 Å². The first-order valence-electron chi connectivity index (χ1n) is 19.8. The van der Waals surface area contributed by atoms with Crippen molar-refractivity contribution in [1.29, 1.82) is 0 Å². The van der Waals surface area contributed by atoms with Crippen molar-refractivity contribution in [2.45, 2.75) is 0 Å². The maximum Gasteiger partial charge on any atom is 0.136 e. The molecule has 11 rings (SSSR count). The van der Waals surface area contributed by atoms with E-state index in [9.17, 15) is 0 Å². The highest BCUT2D eigenvalue weighted by atomic mass is 16.3. The van der Waals surface area contributed by atoms with Gasteiger partial charge in [0.15, 0.2) is 0 Å². The second-order valence-electron chi connectivity index (χ2n) is 14.9.